The Bertz CT molecular complexity index is 2070. The highest BCUT2D eigenvalue weighted by atomic mass is 35.5. The third kappa shape index (κ3) is 7.67. The number of halogens is 9. The average molecular weight is 786 g/mol. The van der Waals surface area contributed by atoms with Gasteiger partial charge in [0.1, 0.15) is 24.2 Å². The van der Waals surface area contributed by atoms with Crippen molar-refractivity contribution in [1.82, 2.24) is 34.7 Å². The summed E-state index contributed by atoms with van der Waals surface area (Å²) in [6, 6.07) is 8.39. The molecule has 4 aromatic rings. The minimum Gasteiger partial charge on any atom is -0.369 e. The van der Waals surface area contributed by atoms with E-state index in [2.05, 4.69) is 25.3 Å². The number of guanidine groups is 1. The van der Waals surface area contributed by atoms with Crippen LogP contribution in [-0.2, 0) is 15.1 Å². The molecule has 0 spiro atoms. The molecule has 2 atom stereocenters. The monoisotopic (exact) mass is 785 g/mol. The predicted octanol–water partition coefficient (Wildman–Crippen LogP) is 7.83. The molecule has 3 heterocycles. The molecule has 0 radical (unpaired) electrons. The van der Waals surface area contributed by atoms with Crippen LogP contribution in [0.4, 0.5) is 35.1 Å². The molecular formula is C34H32ClF8N9O2. The van der Waals surface area contributed by atoms with E-state index in [1.165, 1.54) is 48.7 Å². The van der Waals surface area contributed by atoms with Gasteiger partial charge in [-0.2, -0.15) is 46.4 Å². The molecule has 2 N–H and O–H groups in total. The maximum Gasteiger partial charge on any atom is 0.395 e. The van der Waals surface area contributed by atoms with E-state index in [0.717, 1.165) is 37.9 Å². The van der Waals surface area contributed by atoms with Gasteiger partial charge >= 0.3 is 12.4 Å². The number of Topliss-reactive ketones (excluding diaryl/α,β-unsaturated/α-hetero) is 1. The zero-order valence-electron chi connectivity index (χ0n) is 28.5. The lowest BCUT2D eigenvalue weighted by Gasteiger charge is -2.37. The average Bonchev–Trinajstić information content (AvgIpc) is 3.49. The first-order valence-electron chi connectivity index (χ1n) is 16.6. The second-order valence-electron chi connectivity index (χ2n) is 13.8. The Hall–Kier alpha value is -4.94. The summed E-state index contributed by atoms with van der Waals surface area (Å²) in [5.41, 5.74) is 2.41. The molecule has 11 nitrogen and oxygen atoms in total. The lowest BCUT2D eigenvalue weighted by atomic mass is 9.74. The van der Waals surface area contributed by atoms with Crippen LogP contribution < -0.4 is 5.73 Å². The van der Waals surface area contributed by atoms with Crippen LogP contribution in [0.3, 0.4) is 0 Å². The topological polar surface area (TPSA) is 137 Å². The lowest BCUT2D eigenvalue weighted by Crippen LogP contribution is -2.48. The molecule has 0 unspecified atom stereocenters. The Morgan fingerprint density at radius 3 is 2.33 bits per heavy atom. The van der Waals surface area contributed by atoms with Gasteiger partial charge in [0.05, 0.1) is 34.4 Å². The predicted molar refractivity (Wildman–Crippen MR) is 177 cm³/mol. The summed E-state index contributed by atoms with van der Waals surface area (Å²) in [6.07, 6.45) is -12.6. The summed E-state index contributed by atoms with van der Waals surface area (Å²) < 4.78 is 111. The van der Waals surface area contributed by atoms with Gasteiger partial charge in [-0.1, -0.05) is 55.8 Å². The maximum absolute atomic E-state index is 14.8. The summed E-state index contributed by atoms with van der Waals surface area (Å²) >= 11 is 6.35. The molecule has 1 saturated carbocycles. The Morgan fingerprint density at radius 1 is 1.04 bits per heavy atom. The number of aliphatic imine (C=N–C) groups is 1. The van der Waals surface area contributed by atoms with E-state index in [1.807, 2.05) is 0 Å². The Morgan fingerprint density at radius 2 is 1.72 bits per heavy atom. The highest BCUT2D eigenvalue weighted by Gasteiger charge is 2.59. The number of aromatic nitrogens is 6. The number of ketones is 1. The van der Waals surface area contributed by atoms with Crippen LogP contribution in [-0.4, -0.2) is 64.7 Å². The number of nitrogens with two attached hydrogens (primary N) is 1. The van der Waals surface area contributed by atoms with Crippen LogP contribution in [0.5, 0.6) is 0 Å². The fraction of sp³-hybridized carbons (Fsp3) is 0.441. The highest BCUT2D eigenvalue weighted by Crippen LogP contribution is 2.51. The van der Waals surface area contributed by atoms with E-state index in [9.17, 15) is 44.7 Å². The van der Waals surface area contributed by atoms with Crippen molar-refractivity contribution in [1.29, 1.82) is 0 Å². The molecule has 1 fully saturated rings. The number of hydrogen-bond donors (Lipinski definition) is 1. The third-order valence-electron chi connectivity index (χ3n) is 9.39. The van der Waals surface area contributed by atoms with Crippen molar-refractivity contribution >= 4 is 29.3 Å². The second-order valence-corrected chi connectivity index (χ2v) is 14.3. The number of amides is 1. The van der Waals surface area contributed by atoms with Crippen molar-refractivity contribution in [2.45, 2.75) is 88.8 Å². The molecule has 0 bridgehead atoms. The molecule has 1 aliphatic heterocycles. The van der Waals surface area contributed by atoms with Crippen molar-refractivity contribution in [3.63, 3.8) is 0 Å². The summed E-state index contributed by atoms with van der Waals surface area (Å²) in [4.78, 5) is 37.6. The van der Waals surface area contributed by atoms with Crippen LogP contribution >= 0.6 is 11.6 Å². The largest absolute Gasteiger partial charge is 0.395 e. The van der Waals surface area contributed by atoms with Crippen molar-refractivity contribution in [3.8, 4) is 16.9 Å². The number of nitrogens with zero attached hydrogens (tertiary/aromatic N) is 8. The Labute approximate surface area is 307 Å². The van der Waals surface area contributed by atoms with Crippen LogP contribution in [0.1, 0.15) is 87.8 Å². The molecule has 1 aliphatic carbocycles. The number of rotatable bonds is 13. The Balaban J connectivity index is 1.44. The standard InChI is InChI=1S/C34H32ClF8N9O2/c1-31(2,34(41,42)43)16-32(20-6-3-18(4-7-20)24-15-46-52(49-24)21-8-9-21)29(54)50(30(44)48-32)25(12-10-22(53)14-33(38,39)40)19-5-11-23(35)26(13-19)51-28(27(36)37)45-17-47-51/h3-7,11,13,15,17,21,25,27H,8-10,12,14,16H2,1-2H3,(H2,44,48)/t25-,32-/m1/s1. The second kappa shape index (κ2) is 14.0. The van der Waals surface area contributed by atoms with Gasteiger partial charge in [0.2, 0.25) is 0 Å². The molecule has 288 valence electrons. The van der Waals surface area contributed by atoms with E-state index in [1.54, 1.807) is 4.80 Å². The van der Waals surface area contributed by atoms with Gasteiger partial charge in [-0.15, -0.1) is 0 Å². The van der Waals surface area contributed by atoms with E-state index in [0.29, 0.717) is 15.9 Å². The van der Waals surface area contributed by atoms with Crippen molar-refractivity contribution in [3.05, 3.63) is 77.0 Å². The number of carbonyl (C=O) groups is 2. The van der Waals surface area contributed by atoms with Crippen LogP contribution in [0.25, 0.3) is 16.9 Å². The quantitative estimate of drug-likeness (QED) is 0.137. The molecule has 20 heteroatoms. The van der Waals surface area contributed by atoms with E-state index in [-0.39, 0.29) is 27.9 Å². The smallest absolute Gasteiger partial charge is 0.369 e. The van der Waals surface area contributed by atoms with Gasteiger partial charge in [0, 0.05) is 12.0 Å². The molecule has 0 saturated heterocycles. The van der Waals surface area contributed by atoms with Gasteiger partial charge in [0.25, 0.3) is 12.3 Å². The van der Waals surface area contributed by atoms with Gasteiger partial charge in [-0.25, -0.2) is 23.4 Å². The fourth-order valence-electron chi connectivity index (χ4n) is 6.39. The molecule has 2 aliphatic rings. The summed E-state index contributed by atoms with van der Waals surface area (Å²) in [5, 5.41) is 12.4. The first-order chi connectivity index (χ1) is 25.2. The molecular weight excluding hydrogens is 754 g/mol. The summed E-state index contributed by atoms with van der Waals surface area (Å²) in [6.45, 7) is 1.77. The molecule has 2 aromatic heterocycles. The number of alkyl halides is 8. The van der Waals surface area contributed by atoms with Crippen LogP contribution in [0.15, 0.2) is 60.0 Å². The van der Waals surface area contributed by atoms with E-state index >= 15 is 0 Å². The summed E-state index contributed by atoms with van der Waals surface area (Å²) in [5.74, 6) is -3.72. The van der Waals surface area contributed by atoms with Crippen LogP contribution in [0, 0.1) is 5.41 Å². The van der Waals surface area contributed by atoms with E-state index < -0.39 is 84.9 Å². The normalized spacial score (nSPS) is 18.8. The van der Waals surface area contributed by atoms with Crippen molar-refractivity contribution in [2.24, 2.45) is 16.1 Å². The van der Waals surface area contributed by atoms with Gasteiger partial charge in [0.15, 0.2) is 17.3 Å². The van der Waals surface area contributed by atoms with Gasteiger partial charge < -0.3 is 5.73 Å². The number of carbonyl (C=O) groups excluding carboxylic acids is 2. The summed E-state index contributed by atoms with van der Waals surface area (Å²) in [7, 11) is 0. The number of benzene rings is 2. The van der Waals surface area contributed by atoms with Crippen LogP contribution in [0.2, 0.25) is 5.02 Å². The third-order valence-corrected chi connectivity index (χ3v) is 9.71. The molecule has 6 rings (SSSR count). The maximum atomic E-state index is 14.8. The molecule has 54 heavy (non-hydrogen) atoms. The van der Waals surface area contributed by atoms with Crippen molar-refractivity contribution < 1.29 is 44.7 Å². The Kier molecular flexibility index (Phi) is 10.1. The zero-order chi connectivity index (χ0) is 39.4. The van der Waals surface area contributed by atoms with Gasteiger partial charge in [-0.05, 0) is 48.9 Å². The molecule has 1 amide bonds. The number of hydrogen-bond acceptors (Lipinski definition) is 8. The van der Waals surface area contributed by atoms with E-state index in [4.69, 9.17) is 17.3 Å². The van der Waals surface area contributed by atoms with Crippen molar-refractivity contribution in [2.75, 3.05) is 0 Å². The SMILES string of the molecule is CC(C)(C[C@]1(c2ccc(-c3cnn(C4CC4)n3)cc2)N=C(N)N([C@H](CCC(=O)CC(F)(F)F)c2ccc(Cl)c(-n3ncnc3C(F)F)c2)C1=O)C(F)(F)F. The zero-order valence-corrected chi connectivity index (χ0v) is 29.3. The highest BCUT2D eigenvalue weighted by molar-refractivity contribution is 6.32. The minimum atomic E-state index is -4.85. The first kappa shape index (κ1) is 38.8. The first-order valence-corrected chi connectivity index (χ1v) is 16.9. The molecule has 2 aromatic carbocycles. The fourth-order valence-corrected chi connectivity index (χ4v) is 6.59. The van der Waals surface area contributed by atoms with Gasteiger partial charge in [-0.3, -0.25) is 14.5 Å². The minimum absolute atomic E-state index is 0.0153. The lowest BCUT2D eigenvalue weighted by molar-refractivity contribution is -0.218.